The lowest BCUT2D eigenvalue weighted by Crippen LogP contribution is -2.10. The van der Waals surface area contributed by atoms with Crippen molar-refractivity contribution in [3.63, 3.8) is 0 Å². The quantitative estimate of drug-likeness (QED) is 0.206. The maximum Gasteiger partial charge on any atom is 0.139 e. The number of nitrogens with two attached hydrogens (primary N) is 1. The maximum absolute atomic E-state index is 13.2. The van der Waals surface area contributed by atoms with E-state index in [4.69, 9.17) is 10.9 Å². The monoisotopic (exact) mass is 260 g/mol. The molecule has 3 nitrogen and oxygen atoms in total. The van der Waals surface area contributed by atoms with Crippen molar-refractivity contribution in [3.8, 4) is 0 Å². The molecule has 1 aromatic carbocycles. The van der Waals surface area contributed by atoms with Crippen LogP contribution in [0.25, 0.3) is 0 Å². The Hall–Kier alpha value is -1.30. The zero-order valence-electron chi connectivity index (χ0n) is 9.20. The van der Waals surface area contributed by atoms with E-state index in [1.54, 1.807) is 0 Å². The molecular formula is C11H14F2N2OS. The topological polar surface area (TPSA) is 58.6 Å². The molecule has 0 atom stereocenters. The van der Waals surface area contributed by atoms with Crippen molar-refractivity contribution < 1.29 is 14.0 Å². The Morgan fingerprint density at radius 3 is 2.82 bits per heavy atom. The van der Waals surface area contributed by atoms with Gasteiger partial charge in [0.1, 0.15) is 17.5 Å². The molecule has 0 radical (unpaired) electrons. The molecule has 1 aromatic rings. The number of unbranched alkanes of at least 4 members (excludes halogenated alkanes) is 1. The molecule has 0 aliphatic rings. The van der Waals surface area contributed by atoms with Crippen molar-refractivity contribution in [1.29, 1.82) is 0 Å². The molecule has 0 amide bonds. The lowest BCUT2D eigenvalue weighted by molar-refractivity contribution is 0.316. The number of amidine groups is 1. The third-order valence-corrected chi connectivity index (χ3v) is 3.22. The van der Waals surface area contributed by atoms with Crippen molar-refractivity contribution in [1.82, 2.24) is 0 Å². The summed E-state index contributed by atoms with van der Waals surface area (Å²) < 4.78 is 26.0. The highest BCUT2D eigenvalue weighted by molar-refractivity contribution is 7.99. The zero-order chi connectivity index (χ0) is 12.7. The molecule has 0 aromatic heterocycles. The molecule has 0 fully saturated rings. The minimum absolute atomic E-state index is 0.187. The van der Waals surface area contributed by atoms with Gasteiger partial charge in [0.25, 0.3) is 0 Å². The highest BCUT2D eigenvalue weighted by Crippen LogP contribution is 2.23. The van der Waals surface area contributed by atoms with Crippen LogP contribution in [0.1, 0.15) is 19.3 Å². The second kappa shape index (κ2) is 7.11. The van der Waals surface area contributed by atoms with E-state index in [0.29, 0.717) is 17.1 Å². The first-order valence-electron chi connectivity index (χ1n) is 5.17. The van der Waals surface area contributed by atoms with E-state index in [-0.39, 0.29) is 5.84 Å². The van der Waals surface area contributed by atoms with Gasteiger partial charge in [0, 0.05) is 11.3 Å². The second-order valence-electron chi connectivity index (χ2n) is 3.47. The molecule has 0 saturated heterocycles. The highest BCUT2D eigenvalue weighted by atomic mass is 32.2. The van der Waals surface area contributed by atoms with Gasteiger partial charge >= 0.3 is 0 Å². The first-order chi connectivity index (χ1) is 8.13. The van der Waals surface area contributed by atoms with Gasteiger partial charge in [-0.2, -0.15) is 0 Å². The van der Waals surface area contributed by atoms with E-state index in [9.17, 15) is 8.78 Å². The van der Waals surface area contributed by atoms with E-state index in [1.165, 1.54) is 17.8 Å². The molecule has 0 bridgehead atoms. The van der Waals surface area contributed by atoms with Gasteiger partial charge < -0.3 is 10.9 Å². The number of thioether (sulfide) groups is 1. The van der Waals surface area contributed by atoms with Crippen LogP contribution < -0.4 is 5.73 Å². The van der Waals surface area contributed by atoms with Crippen LogP contribution >= 0.6 is 11.8 Å². The van der Waals surface area contributed by atoms with E-state index in [1.807, 2.05) is 0 Å². The third kappa shape index (κ3) is 5.04. The van der Waals surface area contributed by atoms with Gasteiger partial charge in [-0.15, -0.1) is 11.8 Å². The summed E-state index contributed by atoms with van der Waals surface area (Å²) in [6.07, 6.45) is 2.04. The number of hydrogen-bond acceptors (Lipinski definition) is 3. The fraction of sp³-hybridized carbons (Fsp3) is 0.364. The highest BCUT2D eigenvalue weighted by Gasteiger charge is 2.04. The summed E-state index contributed by atoms with van der Waals surface area (Å²) in [5.41, 5.74) is 5.29. The van der Waals surface area contributed by atoms with Gasteiger partial charge in [0.2, 0.25) is 0 Å². The molecule has 0 heterocycles. The van der Waals surface area contributed by atoms with Crippen LogP contribution in [-0.4, -0.2) is 16.8 Å². The molecule has 94 valence electrons. The molecular weight excluding hydrogens is 246 g/mol. The van der Waals surface area contributed by atoms with Crippen LogP contribution in [0.5, 0.6) is 0 Å². The van der Waals surface area contributed by atoms with Crippen LogP contribution in [0.3, 0.4) is 0 Å². The standard InChI is InChI=1S/C11H14F2N2OS/c12-8-4-5-9(13)10(7-8)17-6-2-1-3-11(14)15-16/h4-5,7,16H,1-3,6H2,(H2,14,15). The van der Waals surface area contributed by atoms with Crippen molar-refractivity contribution in [2.24, 2.45) is 10.9 Å². The molecule has 3 N–H and O–H groups in total. The molecule has 0 unspecified atom stereocenters. The first-order valence-corrected chi connectivity index (χ1v) is 6.16. The Kier molecular flexibility index (Phi) is 5.76. The van der Waals surface area contributed by atoms with Crippen molar-refractivity contribution >= 4 is 17.6 Å². The Morgan fingerprint density at radius 1 is 1.35 bits per heavy atom. The van der Waals surface area contributed by atoms with Gasteiger partial charge in [-0.1, -0.05) is 5.16 Å². The zero-order valence-corrected chi connectivity index (χ0v) is 10.0. The number of rotatable bonds is 6. The van der Waals surface area contributed by atoms with Crippen LogP contribution in [0, 0.1) is 11.6 Å². The fourth-order valence-electron chi connectivity index (χ4n) is 1.23. The predicted octanol–water partition coefficient (Wildman–Crippen LogP) is 2.97. The normalized spacial score (nSPS) is 11.8. The Balaban J connectivity index is 2.29. The first kappa shape index (κ1) is 13.8. The smallest absolute Gasteiger partial charge is 0.139 e. The van der Waals surface area contributed by atoms with Crippen molar-refractivity contribution in [2.75, 3.05) is 5.75 Å². The lowest BCUT2D eigenvalue weighted by atomic mass is 10.2. The van der Waals surface area contributed by atoms with Gasteiger partial charge in [0.05, 0.1) is 0 Å². The van der Waals surface area contributed by atoms with Crippen LogP contribution in [0.15, 0.2) is 28.3 Å². The number of nitrogens with zero attached hydrogens (tertiary/aromatic N) is 1. The van der Waals surface area contributed by atoms with Crippen molar-refractivity contribution in [3.05, 3.63) is 29.8 Å². The van der Waals surface area contributed by atoms with E-state index in [2.05, 4.69) is 5.16 Å². The van der Waals surface area contributed by atoms with Crippen LogP contribution in [-0.2, 0) is 0 Å². The maximum atomic E-state index is 13.2. The SMILES string of the molecule is N/C(CCCCSc1cc(F)ccc1F)=N/O. The Morgan fingerprint density at radius 2 is 2.12 bits per heavy atom. The predicted molar refractivity (Wildman–Crippen MR) is 64.3 cm³/mol. The molecule has 1 rings (SSSR count). The van der Waals surface area contributed by atoms with E-state index < -0.39 is 11.6 Å². The largest absolute Gasteiger partial charge is 0.409 e. The van der Waals surface area contributed by atoms with Crippen molar-refractivity contribution in [2.45, 2.75) is 24.2 Å². The van der Waals surface area contributed by atoms with Gasteiger partial charge in [-0.25, -0.2) is 8.78 Å². The summed E-state index contributed by atoms with van der Waals surface area (Å²) >= 11 is 1.26. The molecule has 0 saturated carbocycles. The summed E-state index contributed by atoms with van der Waals surface area (Å²) in [6, 6.07) is 3.40. The summed E-state index contributed by atoms with van der Waals surface area (Å²) in [6.45, 7) is 0. The van der Waals surface area contributed by atoms with Crippen LogP contribution in [0.4, 0.5) is 8.78 Å². The fourth-order valence-corrected chi connectivity index (χ4v) is 2.20. The third-order valence-electron chi connectivity index (χ3n) is 2.11. The van der Waals surface area contributed by atoms with Gasteiger partial charge in [-0.05, 0) is 36.8 Å². The lowest BCUT2D eigenvalue weighted by Gasteiger charge is -2.03. The second-order valence-corrected chi connectivity index (χ2v) is 4.61. The van der Waals surface area contributed by atoms with Crippen LogP contribution in [0.2, 0.25) is 0 Å². The summed E-state index contributed by atoms with van der Waals surface area (Å²) in [5.74, 6) is 0.00402. The molecule has 0 spiro atoms. The minimum Gasteiger partial charge on any atom is -0.409 e. The van der Waals surface area contributed by atoms with Gasteiger partial charge in [0.15, 0.2) is 0 Å². The minimum atomic E-state index is -0.439. The summed E-state index contributed by atoms with van der Waals surface area (Å²) in [4.78, 5) is 0.314. The molecule has 6 heteroatoms. The number of hydrogen-bond donors (Lipinski definition) is 2. The van der Waals surface area contributed by atoms with Gasteiger partial charge in [-0.3, -0.25) is 0 Å². The number of halogens is 2. The number of oxime groups is 1. The molecule has 0 aliphatic heterocycles. The average molecular weight is 260 g/mol. The molecule has 0 aliphatic carbocycles. The Labute approximate surface area is 103 Å². The summed E-state index contributed by atoms with van der Waals surface area (Å²) in [5, 5.41) is 11.2. The van der Waals surface area contributed by atoms with E-state index >= 15 is 0 Å². The summed E-state index contributed by atoms with van der Waals surface area (Å²) in [7, 11) is 0. The Bertz CT molecular complexity index is 399. The average Bonchev–Trinajstić information content (AvgIpc) is 2.32. The van der Waals surface area contributed by atoms with E-state index in [0.717, 1.165) is 25.0 Å². The molecule has 17 heavy (non-hydrogen) atoms. The number of benzene rings is 1.